The average Bonchev–Trinajstić information content (AvgIpc) is 2.89. The van der Waals surface area contributed by atoms with Crippen LogP contribution >= 0.6 is 0 Å². The van der Waals surface area contributed by atoms with Gasteiger partial charge >= 0.3 is 0 Å². The molecule has 0 spiro atoms. The molecule has 4 rings (SSSR count). The summed E-state index contributed by atoms with van der Waals surface area (Å²) in [6.07, 6.45) is 6.95. The Morgan fingerprint density at radius 2 is 1.94 bits per heavy atom. The van der Waals surface area contributed by atoms with Crippen LogP contribution in [0.15, 0.2) is 24.3 Å². The molecule has 2 aliphatic heterocycles. The van der Waals surface area contributed by atoms with Gasteiger partial charge < -0.3 is 4.90 Å². The van der Waals surface area contributed by atoms with Gasteiger partial charge in [0.2, 0.25) is 0 Å². The lowest BCUT2D eigenvalue weighted by Crippen LogP contribution is -2.59. The van der Waals surface area contributed by atoms with Crippen molar-refractivity contribution in [2.24, 2.45) is 5.92 Å². The summed E-state index contributed by atoms with van der Waals surface area (Å²) in [4.78, 5) is 5.28. The number of hydrogen-bond donors (Lipinski definition) is 0. The van der Waals surface area contributed by atoms with Gasteiger partial charge in [0.05, 0.1) is 6.67 Å². The number of para-hydroxylation sites is 1. The molecule has 3 atom stereocenters. The molecule has 2 heteroatoms. The molecular weight excluding hydrogens is 220 g/mol. The van der Waals surface area contributed by atoms with Gasteiger partial charge in [0.25, 0.3) is 0 Å². The predicted octanol–water partition coefficient (Wildman–Crippen LogP) is 2.88. The highest BCUT2D eigenvalue weighted by atomic mass is 15.4. The number of rotatable bonds is 0. The van der Waals surface area contributed by atoms with E-state index < -0.39 is 0 Å². The molecule has 2 fully saturated rings. The van der Waals surface area contributed by atoms with Crippen LogP contribution in [0.3, 0.4) is 0 Å². The molecule has 0 aromatic heterocycles. The maximum absolute atomic E-state index is 2.69. The fourth-order valence-corrected chi connectivity index (χ4v) is 4.58. The first kappa shape index (κ1) is 10.9. The Kier molecular flexibility index (Phi) is 2.41. The Labute approximate surface area is 110 Å². The van der Waals surface area contributed by atoms with Crippen molar-refractivity contribution in [3.05, 3.63) is 29.8 Å². The first-order valence-corrected chi connectivity index (χ1v) is 7.39. The van der Waals surface area contributed by atoms with Gasteiger partial charge in [0, 0.05) is 17.8 Å². The van der Waals surface area contributed by atoms with Crippen LogP contribution in [0.2, 0.25) is 0 Å². The smallest absolute Gasteiger partial charge is 0.0710 e. The van der Waals surface area contributed by atoms with E-state index in [4.69, 9.17) is 0 Å². The molecule has 96 valence electrons. The van der Waals surface area contributed by atoms with Crippen LogP contribution in [0.25, 0.3) is 0 Å². The van der Waals surface area contributed by atoms with Crippen LogP contribution < -0.4 is 4.90 Å². The maximum atomic E-state index is 2.69. The predicted molar refractivity (Wildman–Crippen MR) is 74.8 cm³/mol. The topological polar surface area (TPSA) is 6.48 Å². The molecule has 1 aromatic carbocycles. The van der Waals surface area contributed by atoms with E-state index in [1.807, 2.05) is 0 Å². The Bertz CT molecular complexity index is 456. The van der Waals surface area contributed by atoms with Gasteiger partial charge in [0.15, 0.2) is 0 Å². The average molecular weight is 242 g/mol. The quantitative estimate of drug-likeness (QED) is 0.690. The van der Waals surface area contributed by atoms with Gasteiger partial charge in [-0.15, -0.1) is 0 Å². The lowest BCUT2D eigenvalue weighted by molar-refractivity contribution is 0.119. The number of benzene rings is 1. The molecule has 18 heavy (non-hydrogen) atoms. The number of nitrogens with zero attached hydrogens (tertiary/aromatic N) is 2. The maximum Gasteiger partial charge on any atom is 0.0710 e. The van der Waals surface area contributed by atoms with Gasteiger partial charge in [-0.2, -0.15) is 0 Å². The largest absolute Gasteiger partial charge is 0.355 e. The number of fused-ring (bicyclic) bond motifs is 5. The number of anilines is 1. The molecule has 0 bridgehead atoms. The fourth-order valence-electron chi connectivity index (χ4n) is 4.58. The molecule has 2 heterocycles. The van der Waals surface area contributed by atoms with Gasteiger partial charge in [-0.1, -0.05) is 24.6 Å². The van der Waals surface area contributed by atoms with Crippen molar-refractivity contribution in [3.63, 3.8) is 0 Å². The summed E-state index contributed by atoms with van der Waals surface area (Å²) in [5.74, 6) is 0.914. The molecule has 1 aliphatic carbocycles. The normalized spacial score (nSPS) is 34.9. The monoisotopic (exact) mass is 242 g/mol. The molecular formula is C16H22N2. The van der Waals surface area contributed by atoms with Crippen molar-refractivity contribution in [2.45, 2.75) is 44.2 Å². The highest BCUT2D eigenvalue weighted by Gasteiger charge is 2.44. The summed E-state index contributed by atoms with van der Waals surface area (Å²) < 4.78 is 0. The Morgan fingerprint density at radius 3 is 2.89 bits per heavy atom. The van der Waals surface area contributed by atoms with Crippen molar-refractivity contribution in [3.8, 4) is 0 Å². The third-order valence-corrected chi connectivity index (χ3v) is 5.38. The molecule has 2 nitrogen and oxygen atoms in total. The van der Waals surface area contributed by atoms with E-state index in [0.29, 0.717) is 0 Å². The summed E-state index contributed by atoms with van der Waals surface area (Å²) in [5.41, 5.74) is 3.06. The van der Waals surface area contributed by atoms with Gasteiger partial charge in [-0.3, -0.25) is 4.90 Å². The SMILES string of the molecule is CN1CN2c3ccccc3CCC2C2CCCC21. The number of hydrogen-bond acceptors (Lipinski definition) is 2. The van der Waals surface area contributed by atoms with Gasteiger partial charge in [-0.25, -0.2) is 0 Å². The zero-order valence-corrected chi connectivity index (χ0v) is 11.2. The van der Waals surface area contributed by atoms with Crippen LogP contribution in [0.1, 0.15) is 31.2 Å². The lowest BCUT2D eigenvalue weighted by Gasteiger charge is -2.51. The molecule has 0 radical (unpaired) electrons. The van der Waals surface area contributed by atoms with E-state index in [-0.39, 0.29) is 0 Å². The molecule has 3 unspecified atom stereocenters. The molecule has 0 amide bonds. The van der Waals surface area contributed by atoms with E-state index in [1.165, 1.54) is 37.8 Å². The van der Waals surface area contributed by atoms with Gasteiger partial charge in [-0.05, 0) is 50.3 Å². The Balaban J connectivity index is 1.73. The third-order valence-electron chi connectivity index (χ3n) is 5.38. The number of aryl methyl sites for hydroxylation is 1. The van der Waals surface area contributed by atoms with Crippen LogP contribution in [0.5, 0.6) is 0 Å². The minimum atomic E-state index is 0.809. The minimum absolute atomic E-state index is 0.809. The van der Waals surface area contributed by atoms with E-state index in [2.05, 4.69) is 41.1 Å². The zero-order valence-electron chi connectivity index (χ0n) is 11.2. The summed E-state index contributed by atoms with van der Waals surface area (Å²) in [6, 6.07) is 10.7. The lowest BCUT2D eigenvalue weighted by atomic mass is 9.83. The summed E-state index contributed by atoms with van der Waals surface area (Å²) in [5, 5.41) is 0. The summed E-state index contributed by atoms with van der Waals surface area (Å²) >= 11 is 0. The molecule has 3 aliphatic rings. The van der Waals surface area contributed by atoms with Crippen molar-refractivity contribution in [1.82, 2.24) is 4.90 Å². The van der Waals surface area contributed by atoms with E-state index in [0.717, 1.165) is 24.7 Å². The summed E-state index contributed by atoms with van der Waals surface area (Å²) in [7, 11) is 2.32. The Morgan fingerprint density at radius 1 is 1.06 bits per heavy atom. The fraction of sp³-hybridized carbons (Fsp3) is 0.625. The van der Waals surface area contributed by atoms with Crippen LogP contribution in [0.4, 0.5) is 5.69 Å². The second kappa shape index (κ2) is 3.99. The second-order valence-corrected chi connectivity index (χ2v) is 6.27. The molecule has 1 saturated carbocycles. The van der Waals surface area contributed by atoms with Crippen molar-refractivity contribution < 1.29 is 0 Å². The van der Waals surface area contributed by atoms with Crippen molar-refractivity contribution in [2.75, 3.05) is 18.6 Å². The highest BCUT2D eigenvalue weighted by molar-refractivity contribution is 5.57. The molecule has 1 aromatic rings. The second-order valence-electron chi connectivity index (χ2n) is 6.27. The van der Waals surface area contributed by atoms with Crippen LogP contribution in [0, 0.1) is 5.92 Å². The Hall–Kier alpha value is -1.02. The van der Waals surface area contributed by atoms with E-state index in [9.17, 15) is 0 Å². The first-order chi connectivity index (χ1) is 8.84. The zero-order chi connectivity index (χ0) is 12.1. The van der Waals surface area contributed by atoms with Gasteiger partial charge in [0.1, 0.15) is 0 Å². The minimum Gasteiger partial charge on any atom is -0.355 e. The molecule has 1 saturated heterocycles. The van der Waals surface area contributed by atoms with Crippen LogP contribution in [-0.2, 0) is 6.42 Å². The van der Waals surface area contributed by atoms with Crippen LogP contribution in [-0.4, -0.2) is 30.7 Å². The van der Waals surface area contributed by atoms with E-state index >= 15 is 0 Å². The summed E-state index contributed by atoms with van der Waals surface area (Å²) in [6.45, 7) is 1.13. The highest BCUT2D eigenvalue weighted by Crippen LogP contribution is 2.43. The van der Waals surface area contributed by atoms with Crippen molar-refractivity contribution in [1.29, 1.82) is 0 Å². The van der Waals surface area contributed by atoms with E-state index in [1.54, 1.807) is 5.56 Å². The first-order valence-electron chi connectivity index (χ1n) is 7.39. The van der Waals surface area contributed by atoms with Crippen molar-refractivity contribution >= 4 is 5.69 Å². The third kappa shape index (κ3) is 1.45. The standard InChI is InChI=1S/C16H22N2/c1-17-11-18-14-7-3-2-5-12(14)9-10-16(18)13-6-4-8-15(13)17/h2-3,5,7,13,15-16H,4,6,8-11H2,1H3. The molecule has 0 N–H and O–H groups in total.